The maximum absolute atomic E-state index is 11.2. The van der Waals surface area contributed by atoms with E-state index in [4.69, 9.17) is 9.47 Å². The predicted molar refractivity (Wildman–Crippen MR) is 104 cm³/mol. The minimum atomic E-state index is -0.428. The molecular weight excluding hydrogens is 362 g/mol. The van der Waals surface area contributed by atoms with Crippen molar-refractivity contribution < 1.29 is 14.4 Å². The average Bonchev–Trinajstić information content (AvgIpc) is 2.71. The first-order chi connectivity index (χ1) is 13.6. The predicted octanol–water partition coefficient (Wildman–Crippen LogP) is 2.96. The molecule has 0 spiro atoms. The van der Waals surface area contributed by atoms with Crippen molar-refractivity contribution in [1.82, 2.24) is 10.2 Å². The van der Waals surface area contributed by atoms with Crippen LogP contribution in [0.25, 0.3) is 11.1 Å². The molecule has 0 amide bonds. The number of aromatic amines is 1. The summed E-state index contributed by atoms with van der Waals surface area (Å²) in [7, 11) is 1.59. The van der Waals surface area contributed by atoms with E-state index in [0.717, 1.165) is 11.1 Å². The van der Waals surface area contributed by atoms with E-state index in [0.29, 0.717) is 36.6 Å². The fourth-order valence-electron chi connectivity index (χ4n) is 2.74. The lowest BCUT2D eigenvalue weighted by Gasteiger charge is -2.13. The van der Waals surface area contributed by atoms with E-state index in [-0.39, 0.29) is 11.2 Å². The van der Waals surface area contributed by atoms with E-state index in [1.54, 1.807) is 25.3 Å². The smallest absolute Gasteiger partial charge is 0.270 e. The monoisotopic (exact) mass is 381 g/mol. The number of nitro groups is 1. The van der Waals surface area contributed by atoms with Gasteiger partial charge < -0.3 is 9.47 Å². The summed E-state index contributed by atoms with van der Waals surface area (Å²) in [6.07, 6.45) is 0.497. The molecule has 0 unspecified atom stereocenters. The van der Waals surface area contributed by atoms with Crippen LogP contribution in [0.3, 0.4) is 0 Å². The quantitative estimate of drug-likeness (QED) is 0.365. The maximum atomic E-state index is 11.2. The number of nitrogens with zero attached hydrogens (tertiary/aromatic N) is 2. The van der Waals surface area contributed by atoms with Gasteiger partial charge in [0, 0.05) is 37.3 Å². The van der Waals surface area contributed by atoms with Gasteiger partial charge in [0.2, 0.25) is 0 Å². The third-order valence-corrected chi connectivity index (χ3v) is 4.08. The molecule has 0 aliphatic carbocycles. The minimum absolute atomic E-state index is 0.00745. The van der Waals surface area contributed by atoms with Crippen LogP contribution in [0, 0.1) is 10.1 Å². The van der Waals surface area contributed by atoms with Crippen molar-refractivity contribution in [1.29, 1.82) is 0 Å². The molecule has 1 N–H and O–H groups in total. The highest BCUT2D eigenvalue weighted by Gasteiger charge is 2.13. The van der Waals surface area contributed by atoms with Gasteiger partial charge in [0.25, 0.3) is 11.2 Å². The van der Waals surface area contributed by atoms with E-state index in [2.05, 4.69) is 10.2 Å². The lowest BCUT2D eigenvalue weighted by atomic mass is 9.99. The molecule has 144 valence electrons. The molecular formula is C20H19N3O5. The summed E-state index contributed by atoms with van der Waals surface area (Å²) in [5.74, 6) is 0.607. The number of ether oxygens (including phenoxy) is 2. The van der Waals surface area contributed by atoms with Crippen molar-refractivity contribution in [2.75, 3.05) is 20.3 Å². The number of non-ortho nitro benzene ring substituents is 1. The molecule has 1 heterocycles. The summed E-state index contributed by atoms with van der Waals surface area (Å²) in [5, 5.41) is 17.6. The van der Waals surface area contributed by atoms with Crippen molar-refractivity contribution >= 4 is 5.69 Å². The van der Waals surface area contributed by atoms with Crippen LogP contribution in [0.4, 0.5) is 5.69 Å². The number of H-pyrrole nitrogens is 1. The molecule has 0 radical (unpaired) electrons. The molecule has 0 saturated carbocycles. The van der Waals surface area contributed by atoms with Gasteiger partial charge in [0.15, 0.2) is 0 Å². The van der Waals surface area contributed by atoms with E-state index in [1.807, 2.05) is 18.2 Å². The topological polar surface area (TPSA) is 107 Å². The Morgan fingerprint density at radius 2 is 1.96 bits per heavy atom. The lowest BCUT2D eigenvalue weighted by molar-refractivity contribution is -0.384. The molecule has 0 bridgehead atoms. The SMILES string of the molecule is COCCOc1ccc(Cc2ccc(=O)[nH]n2)cc1-c1cccc([N+](=O)[O-])c1. The van der Waals surface area contributed by atoms with Gasteiger partial charge in [-0.15, -0.1) is 0 Å². The highest BCUT2D eigenvalue weighted by Crippen LogP contribution is 2.33. The molecule has 0 fully saturated rings. The molecule has 3 rings (SSSR count). The number of benzene rings is 2. The van der Waals surface area contributed by atoms with Crippen molar-refractivity contribution in [3.8, 4) is 16.9 Å². The number of hydrogen-bond acceptors (Lipinski definition) is 6. The number of rotatable bonds is 8. The standard InChI is InChI=1S/C20H19N3O5/c1-27-9-10-28-19-7-5-14(11-16-6-8-20(24)22-21-16)12-18(19)15-3-2-4-17(13-15)23(25)26/h2-8,12-13H,9-11H2,1H3,(H,22,24). The molecule has 1 aromatic heterocycles. The second-order valence-corrected chi connectivity index (χ2v) is 6.07. The summed E-state index contributed by atoms with van der Waals surface area (Å²) in [6, 6.07) is 15.1. The molecule has 8 heteroatoms. The van der Waals surface area contributed by atoms with Gasteiger partial charge in [0.1, 0.15) is 12.4 Å². The molecule has 0 aliphatic heterocycles. The van der Waals surface area contributed by atoms with Gasteiger partial charge in [0.05, 0.1) is 17.2 Å². The van der Waals surface area contributed by atoms with E-state index >= 15 is 0 Å². The Balaban J connectivity index is 1.97. The highest BCUT2D eigenvalue weighted by molar-refractivity contribution is 5.73. The Morgan fingerprint density at radius 3 is 2.68 bits per heavy atom. The van der Waals surface area contributed by atoms with Crippen LogP contribution in [0.1, 0.15) is 11.3 Å². The Kier molecular flexibility index (Phi) is 6.13. The third-order valence-electron chi connectivity index (χ3n) is 4.08. The molecule has 3 aromatic rings. The first kappa shape index (κ1) is 19.2. The zero-order chi connectivity index (χ0) is 19.9. The summed E-state index contributed by atoms with van der Waals surface area (Å²) >= 11 is 0. The molecule has 8 nitrogen and oxygen atoms in total. The lowest BCUT2D eigenvalue weighted by Crippen LogP contribution is -2.08. The second kappa shape index (κ2) is 8.92. The van der Waals surface area contributed by atoms with E-state index < -0.39 is 4.92 Å². The number of nitrogens with one attached hydrogen (secondary N) is 1. The van der Waals surface area contributed by atoms with Crippen molar-refractivity contribution in [3.63, 3.8) is 0 Å². The van der Waals surface area contributed by atoms with Gasteiger partial charge in [-0.1, -0.05) is 18.2 Å². The molecule has 0 saturated heterocycles. The average molecular weight is 381 g/mol. The van der Waals surface area contributed by atoms with Gasteiger partial charge in [-0.3, -0.25) is 14.9 Å². The largest absolute Gasteiger partial charge is 0.491 e. The summed E-state index contributed by atoms with van der Waals surface area (Å²) in [4.78, 5) is 21.9. The molecule has 0 aliphatic rings. The Bertz CT molecular complexity index is 1010. The van der Waals surface area contributed by atoms with E-state index in [1.165, 1.54) is 18.2 Å². The van der Waals surface area contributed by atoms with Crippen molar-refractivity contribution in [2.45, 2.75) is 6.42 Å². The minimum Gasteiger partial charge on any atom is -0.491 e. The Morgan fingerprint density at radius 1 is 1.11 bits per heavy atom. The third kappa shape index (κ3) is 4.80. The normalized spacial score (nSPS) is 10.6. The number of aromatic nitrogens is 2. The van der Waals surface area contributed by atoms with E-state index in [9.17, 15) is 14.9 Å². The summed E-state index contributed by atoms with van der Waals surface area (Å²) < 4.78 is 10.8. The molecule has 2 aromatic carbocycles. The number of hydrogen-bond donors (Lipinski definition) is 1. The Labute approximate surface area is 160 Å². The zero-order valence-electron chi connectivity index (χ0n) is 15.3. The van der Waals surface area contributed by atoms with Crippen LogP contribution >= 0.6 is 0 Å². The summed E-state index contributed by atoms with van der Waals surface area (Å²) in [5.41, 5.74) is 2.80. The fourth-order valence-corrected chi connectivity index (χ4v) is 2.74. The van der Waals surface area contributed by atoms with Crippen LogP contribution < -0.4 is 10.3 Å². The highest BCUT2D eigenvalue weighted by atomic mass is 16.6. The van der Waals surface area contributed by atoms with Crippen LogP contribution in [0.5, 0.6) is 5.75 Å². The molecule has 0 atom stereocenters. The Hall–Kier alpha value is -3.52. The van der Waals surface area contributed by atoms with Gasteiger partial charge in [-0.05, 0) is 29.3 Å². The summed E-state index contributed by atoms with van der Waals surface area (Å²) in [6.45, 7) is 0.788. The van der Waals surface area contributed by atoms with Crippen LogP contribution in [0.15, 0.2) is 59.4 Å². The first-order valence-corrected chi connectivity index (χ1v) is 8.61. The molecule has 28 heavy (non-hydrogen) atoms. The number of nitro benzene ring substituents is 1. The number of methoxy groups -OCH3 is 1. The van der Waals surface area contributed by atoms with Crippen molar-refractivity contribution in [2.24, 2.45) is 0 Å². The van der Waals surface area contributed by atoms with Gasteiger partial charge in [-0.2, -0.15) is 5.10 Å². The van der Waals surface area contributed by atoms with Crippen LogP contribution in [0.2, 0.25) is 0 Å². The van der Waals surface area contributed by atoms with Crippen LogP contribution in [-0.4, -0.2) is 35.4 Å². The van der Waals surface area contributed by atoms with Gasteiger partial charge in [-0.25, -0.2) is 5.10 Å². The van der Waals surface area contributed by atoms with Crippen molar-refractivity contribution in [3.05, 3.63) is 86.3 Å². The maximum Gasteiger partial charge on any atom is 0.270 e. The second-order valence-electron chi connectivity index (χ2n) is 6.07. The zero-order valence-corrected chi connectivity index (χ0v) is 15.3. The van der Waals surface area contributed by atoms with Crippen LogP contribution in [-0.2, 0) is 11.2 Å². The fraction of sp³-hybridized carbons (Fsp3) is 0.200. The first-order valence-electron chi connectivity index (χ1n) is 8.61. The van der Waals surface area contributed by atoms with Gasteiger partial charge >= 0.3 is 0 Å².